The molecule has 5 aromatic carbocycles. The number of β-lactam (4-membered cyclic amide) rings is 1. The van der Waals surface area contributed by atoms with Gasteiger partial charge in [0.15, 0.2) is 36.2 Å². The van der Waals surface area contributed by atoms with Crippen molar-refractivity contribution in [2.75, 3.05) is 12.4 Å². The molecule has 3 atom stereocenters. The third-order valence-corrected chi connectivity index (χ3v) is 11.2. The highest BCUT2D eigenvalue weighted by molar-refractivity contribution is 7.99. The quantitative estimate of drug-likeness (QED) is 0.0338. The van der Waals surface area contributed by atoms with Crippen molar-refractivity contribution in [2.24, 2.45) is 7.05 Å². The summed E-state index contributed by atoms with van der Waals surface area (Å²) in [5, 5.41) is 14.4. The van der Waals surface area contributed by atoms with Crippen molar-refractivity contribution in [3.05, 3.63) is 191 Å². The number of nitrogens with zero attached hydrogens (tertiary/aromatic N) is 5. The number of ketones is 1. The first kappa shape index (κ1) is 43.8. The molecule has 7 rings (SSSR count). The molecule has 15 heteroatoms. The number of Topliss-reactive ketones (excluding diaryl/α,β-unsaturated/α-hetero) is 1. The van der Waals surface area contributed by atoms with Crippen molar-refractivity contribution in [1.29, 1.82) is 0 Å². The fourth-order valence-electron chi connectivity index (χ4n) is 7.05. The van der Waals surface area contributed by atoms with Crippen LogP contribution in [0.3, 0.4) is 0 Å². The molecule has 0 spiro atoms. The van der Waals surface area contributed by atoms with Crippen LogP contribution < -0.4 is 5.32 Å². The highest BCUT2D eigenvalue weighted by Crippen LogP contribution is 2.35. The van der Waals surface area contributed by atoms with E-state index in [9.17, 15) is 24.0 Å². The molecule has 320 valence electrons. The number of carbonyl (C=O) groups is 5. The molecule has 63 heavy (non-hydrogen) atoms. The van der Waals surface area contributed by atoms with E-state index in [4.69, 9.17) is 14.2 Å². The SMILES string of the molecule is CC(C)=C(C(=O)OC(c1ccccc1)c1ccccc1)N1C(=O)C(NC(=O)C(C(=O)OC(c2ccccc2)c2ccccc2)c2ccccc2)C1OCC(=O)CSc1nnnn1C. The molecule has 0 saturated carbocycles. The predicted octanol–water partition coefficient (Wildman–Crippen LogP) is 6.28. The number of nitrogens with one attached hydrogen (secondary N) is 1. The van der Waals surface area contributed by atoms with Crippen LogP contribution in [0, 0.1) is 0 Å². The van der Waals surface area contributed by atoms with Gasteiger partial charge in [0.1, 0.15) is 12.3 Å². The number of esters is 2. The smallest absolute Gasteiger partial charge is 0.356 e. The largest absolute Gasteiger partial charge is 0.452 e. The molecule has 2 amide bonds. The number of benzene rings is 5. The number of aryl methyl sites for hydroxylation is 1. The van der Waals surface area contributed by atoms with Crippen LogP contribution in [0.2, 0.25) is 0 Å². The Morgan fingerprint density at radius 1 is 0.683 bits per heavy atom. The van der Waals surface area contributed by atoms with Gasteiger partial charge in [-0.1, -0.05) is 163 Å². The molecular formula is C48H44N6O8S. The zero-order valence-electron chi connectivity index (χ0n) is 34.6. The summed E-state index contributed by atoms with van der Waals surface area (Å²) in [6, 6.07) is 43.5. The summed E-state index contributed by atoms with van der Waals surface area (Å²) in [4.78, 5) is 71.9. The van der Waals surface area contributed by atoms with E-state index in [1.807, 2.05) is 121 Å². The molecule has 2 heterocycles. The number of hydrogen-bond donors (Lipinski definition) is 1. The summed E-state index contributed by atoms with van der Waals surface area (Å²) >= 11 is 1.09. The van der Waals surface area contributed by atoms with Crippen LogP contribution in [0.4, 0.5) is 0 Å². The minimum atomic E-state index is -1.54. The van der Waals surface area contributed by atoms with Crippen LogP contribution in [0.5, 0.6) is 0 Å². The van der Waals surface area contributed by atoms with E-state index in [0.29, 0.717) is 38.5 Å². The minimum absolute atomic E-state index is 0.0782. The molecular weight excluding hydrogens is 821 g/mol. The molecule has 0 aliphatic carbocycles. The maximum absolute atomic E-state index is 14.5. The highest BCUT2D eigenvalue weighted by atomic mass is 32.2. The van der Waals surface area contributed by atoms with E-state index in [-0.39, 0.29) is 17.2 Å². The van der Waals surface area contributed by atoms with Crippen LogP contribution in [-0.2, 0) is 45.2 Å². The standard InChI is InChI=1S/C48H44N6O8S/c1-31(2)40(47(59)62-42(35-25-15-7-16-26-35)36-27-17-8-18-28-36)54-44(57)39(45(54)60-29-37(55)30-63-48-50-51-52-53(48)3)49-43(56)38(32-19-9-4-10-20-32)46(58)61-41(33-21-11-5-12-22-33)34-23-13-6-14-24-34/h4-28,38-39,41-42,45H,29-30H2,1-3H3,(H,49,56). The normalized spacial score (nSPS) is 15.0. The third kappa shape index (κ3) is 10.5. The van der Waals surface area contributed by atoms with Crippen LogP contribution in [0.15, 0.2) is 168 Å². The predicted molar refractivity (Wildman–Crippen MR) is 232 cm³/mol. The van der Waals surface area contributed by atoms with Crippen molar-refractivity contribution >= 4 is 41.3 Å². The number of thioether (sulfide) groups is 1. The first-order chi connectivity index (χ1) is 30.6. The van der Waals surface area contributed by atoms with Gasteiger partial charge in [-0.2, -0.15) is 0 Å². The fraction of sp³-hybridized carbons (Fsp3) is 0.208. The average Bonchev–Trinajstić information content (AvgIpc) is 3.73. The molecule has 0 bridgehead atoms. The molecule has 1 aromatic heterocycles. The van der Waals surface area contributed by atoms with E-state index in [0.717, 1.165) is 16.7 Å². The van der Waals surface area contributed by atoms with Crippen LogP contribution >= 0.6 is 11.8 Å². The van der Waals surface area contributed by atoms with Gasteiger partial charge in [-0.05, 0) is 57.7 Å². The zero-order chi connectivity index (χ0) is 44.3. The molecule has 0 radical (unpaired) electrons. The number of allylic oxidation sites excluding steroid dienone is 1. The molecule has 1 fully saturated rings. The summed E-state index contributed by atoms with van der Waals surface area (Å²) < 4.78 is 19.9. The summed E-state index contributed by atoms with van der Waals surface area (Å²) in [5.41, 5.74) is 3.34. The lowest BCUT2D eigenvalue weighted by atomic mass is 9.95. The van der Waals surface area contributed by atoms with Crippen LogP contribution in [0.25, 0.3) is 0 Å². The topological polar surface area (TPSA) is 172 Å². The van der Waals surface area contributed by atoms with Crippen LogP contribution in [-0.4, -0.2) is 79.3 Å². The summed E-state index contributed by atoms with van der Waals surface area (Å²) in [6.45, 7) is 2.77. The van der Waals surface area contributed by atoms with Gasteiger partial charge in [-0.15, -0.1) is 5.10 Å². The maximum Gasteiger partial charge on any atom is 0.356 e. The van der Waals surface area contributed by atoms with Crippen LogP contribution in [0.1, 0.15) is 59.8 Å². The lowest BCUT2D eigenvalue weighted by Gasteiger charge is -2.47. The number of amides is 2. The summed E-state index contributed by atoms with van der Waals surface area (Å²) in [5.74, 6) is -5.29. The van der Waals surface area contributed by atoms with Crippen molar-refractivity contribution in [2.45, 2.75) is 49.4 Å². The van der Waals surface area contributed by atoms with Gasteiger partial charge in [0.05, 0.1) is 5.75 Å². The molecule has 1 aliphatic rings. The van der Waals surface area contributed by atoms with Gasteiger partial charge in [0.25, 0.3) is 5.91 Å². The number of carbonyl (C=O) groups excluding carboxylic acids is 5. The van der Waals surface area contributed by atoms with E-state index >= 15 is 0 Å². The number of rotatable bonds is 18. The Morgan fingerprint density at radius 3 is 1.59 bits per heavy atom. The molecule has 1 aliphatic heterocycles. The second-order valence-corrected chi connectivity index (χ2v) is 15.7. The number of aromatic nitrogens is 4. The molecule has 1 saturated heterocycles. The Hall–Kier alpha value is -7.23. The van der Waals surface area contributed by atoms with Gasteiger partial charge in [-0.3, -0.25) is 24.1 Å². The monoisotopic (exact) mass is 864 g/mol. The molecule has 3 unspecified atom stereocenters. The van der Waals surface area contributed by atoms with E-state index in [1.54, 1.807) is 51.2 Å². The number of hydrogen-bond acceptors (Lipinski definition) is 12. The fourth-order valence-corrected chi connectivity index (χ4v) is 7.74. The van der Waals surface area contributed by atoms with Crippen molar-refractivity contribution in [3.8, 4) is 0 Å². The summed E-state index contributed by atoms with van der Waals surface area (Å²) in [6.07, 6.45) is -3.08. The van der Waals surface area contributed by atoms with Gasteiger partial charge in [0.2, 0.25) is 11.1 Å². The summed E-state index contributed by atoms with van der Waals surface area (Å²) in [7, 11) is 1.64. The third-order valence-electron chi connectivity index (χ3n) is 10.1. The minimum Gasteiger partial charge on any atom is -0.452 e. The Morgan fingerprint density at radius 2 is 1.14 bits per heavy atom. The Bertz CT molecular complexity index is 2480. The van der Waals surface area contributed by atoms with E-state index < -0.39 is 60.8 Å². The Labute approximate surface area is 368 Å². The van der Waals surface area contributed by atoms with Gasteiger partial charge in [-0.25, -0.2) is 9.48 Å². The Kier molecular flexibility index (Phi) is 14.3. The van der Waals surface area contributed by atoms with Gasteiger partial charge < -0.3 is 19.5 Å². The average molecular weight is 865 g/mol. The Balaban J connectivity index is 1.17. The maximum atomic E-state index is 14.5. The van der Waals surface area contributed by atoms with Crippen molar-refractivity contribution in [1.82, 2.24) is 30.4 Å². The first-order valence-electron chi connectivity index (χ1n) is 20.1. The van der Waals surface area contributed by atoms with Gasteiger partial charge >= 0.3 is 11.9 Å². The van der Waals surface area contributed by atoms with Crippen molar-refractivity contribution < 1.29 is 38.2 Å². The number of ether oxygens (including phenoxy) is 3. The highest BCUT2D eigenvalue weighted by Gasteiger charge is 2.54. The second-order valence-electron chi connectivity index (χ2n) is 14.7. The van der Waals surface area contributed by atoms with E-state index in [1.165, 1.54) is 4.68 Å². The van der Waals surface area contributed by atoms with Gasteiger partial charge in [0, 0.05) is 7.05 Å². The molecule has 14 nitrogen and oxygen atoms in total. The number of likely N-dealkylation sites (tertiary alicyclic amines) is 1. The molecule has 1 N–H and O–H groups in total. The zero-order valence-corrected chi connectivity index (χ0v) is 35.5. The molecule has 6 aromatic rings. The lowest BCUT2D eigenvalue weighted by Crippen LogP contribution is -2.72. The number of tetrazole rings is 1. The van der Waals surface area contributed by atoms with Crippen molar-refractivity contribution in [3.63, 3.8) is 0 Å². The first-order valence-corrected chi connectivity index (χ1v) is 21.0. The lowest BCUT2D eigenvalue weighted by molar-refractivity contribution is -0.184. The van der Waals surface area contributed by atoms with E-state index in [2.05, 4.69) is 20.8 Å². The second kappa shape index (κ2) is 20.6.